The number of sulfonamides is 1. The van der Waals surface area contributed by atoms with Crippen molar-refractivity contribution in [3.8, 4) is 5.75 Å². The second kappa shape index (κ2) is 10.1. The molecule has 0 aliphatic heterocycles. The van der Waals surface area contributed by atoms with E-state index < -0.39 is 10.0 Å². The Kier molecular flexibility index (Phi) is 7.53. The smallest absolute Gasteiger partial charge is 0.243 e. The number of benzene rings is 3. The topological polar surface area (TPSA) is 75.7 Å². The molecule has 0 fully saturated rings. The van der Waals surface area contributed by atoms with E-state index in [-0.39, 0.29) is 23.3 Å². The van der Waals surface area contributed by atoms with Gasteiger partial charge in [-0.25, -0.2) is 8.42 Å². The predicted octanol–water partition coefficient (Wildman–Crippen LogP) is 4.84. The van der Waals surface area contributed by atoms with Gasteiger partial charge in [0.15, 0.2) is 0 Å². The molecular formula is C25H30N2O4S. The Morgan fingerprint density at radius 2 is 1.66 bits per heavy atom. The second-order valence-corrected chi connectivity index (χ2v) is 9.76. The first kappa shape index (κ1) is 23.8. The van der Waals surface area contributed by atoms with E-state index in [1.165, 1.54) is 16.4 Å². The normalized spacial score (nSPS) is 11.8. The molecule has 0 heterocycles. The summed E-state index contributed by atoms with van der Waals surface area (Å²) in [7, 11) is -3.66. The molecule has 3 aromatic carbocycles. The molecule has 0 spiro atoms. The van der Waals surface area contributed by atoms with Gasteiger partial charge in [-0.2, -0.15) is 4.31 Å². The Morgan fingerprint density at radius 3 is 2.31 bits per heavy atom. The number of hydrogen-bond donors (Lipinski definition) is 1. The van der Waals surface area contributed by atoms with Crippen LogP contribution in [0.2, 0.25) is 0 Å². The minimum absolute atomic E-state index is 0.123. The fourth-order valence-corrected chi connectivity index (χ4v) is 5.05. The summed E-state index contributed by atoms with van der Waals surface area (Å²) in [5.41, 5.74) is 1.22. The van der Waals surface area contributed by atoms with Crippen LogP contribution in [-0.4, -0.2) is 37.8 Å². The molecule has 3 aromatic rings. The van der Waals surface area contributed by atoms with Crippen molar-refractivity contribution in [1.29, 1.82) is 0 Å². The zero-order valence-corrected chi connectivity index (χ0v) is 19.8. The number of hydrogen-bond acceptors (Lipinski definition) is 4. The van der Waals surface area contributed by atoms with Gasteiger partial charge in [-0.3, -0.25) is 4.79 Å². The molecule has 7 heteroatoms. The number of carbonyl (C=O) groups excluding carboxylic acids is 1. The average molecular weight is 455 g/mol. The van der Waals surface area contributed by atoms with Gasteiger partial charge in [0.2, 0.25) is 15.9 Å². The molecule has 0 bridgehead atoms. The lowest BCUT2D eigenvalue weighted by molar-refractivity contribution is -0.115. The van der Waals surface area contributed by atoms with Crippen LogP contribution in [0, 0.1) is 0 Å². The van der Waals surface area contributed by atoms with Gasteiger partial charge in [-0.15, -0.1) is 0 Å². The minimum atomic E-state index is -3.66. The maximum atomic E-state index is 13.0. The summed E-state index contributed by atoms with van der Waals surface area (Å²) in [6, 6.07) is 18.5. The molecule has 0 saturated carbocycles. The zero-order chi connectivity index (χ0) is 23.3. The fraction of sp³-hybridized carbons (Fsp3) is 0.320. The van der Waals surface area contributed by atoms with Gasteiger partial charge >= 0.3 is 0 Å². The number of anilines is 1. The zero-order valence-electron chi connectivity index (χ0n) is 19.0. The van der Waals surface area contributed by atoms with E-state index in [0.29, 0.717) is 24.5 Å². The Balaban J connectivity index is 1.88. The SMILES string of the molecule is CCN(CC)S(=O)(=O)c1ccc(OC(C)C)c(NC(=O)Cc2ccc3ccccc3c2)c1. The lowest BCUT2D eigenvalue weighted by Crippen LogP contribution is -2.30. The number of nitrogens with one attached hydrogen (secondary N) is 1. The summed E-state index contributed by atoms with van der Waals surface area (Å²) in [4.78, 5) is 13.0. The molecular weight excluding hydrogens is 424 g/mol. The highest BCUT2D eigenvalue weighted by atomic mass is 32.2. The molecule has 0 atom stereocenters. The first-order valence-corrected chi connectivity index (χ1v) is 12.3. The average Bonchev–Trinajstić information content (AvgIpc) is 2.75. The van der Waals surface area contributed by atoms with E-state index in [2.05, 4.69) is 5.32 Å². The van der Waals surface area contributed by atoms with Crippen LogP contribution < -0.4 is 10.1 Å². The van der Waals surface area contributed by atoms with Crippen molar-refractivity contribution >= 4 is 32.4 Å². The van der Waals surface area contributed by atoms with Gasteiger partial charge in [-0.1, -0.05) is 56.3 Å². The van der Waals surface area contributed by atoms with E-state index in [4.69, 9.17) is 4.74 Å². The quantitative estimate of drug-likeness (QED) is 0.502. The highest BCUT2D eigenvalue weighted by molar-refractivity contribution is 7.89. The molecule has 0 aliphatic rings. The number of ether oxygens (including phenoxy) is 1. The van der Waals surface area contributed by atoms with Crippen molar-refractivity contribution in [2.45, 2.75) is 45.1 Å². The van der Waals surface area contributed by atoms with Crippen molar-refractivity contribution < 1.29 is 17.9 Å². The molecule has 1 N–H and O–H groups in total. The third-order valence-corrected chi connectivity index (χ3v) is 7.16. The summed E-state index contributed by atoms with van der Waals surface area (Å²) in [5, 5.41) is 5.03. The molecule has 32 heavy (non-hydrogen) atoms. The van der Waals surface area contributed by atoms with E-state index >= 15 is 0 Å². The van der Waals surface area contributed by atoms with E-state index in [9.17, 15) is 13.2 Å². The number of fused-ring (bicyclic) bond motifs is 1. The number of amides is 1. The van der Waals surface area contributed by atoms with Crippen LogP contribution in [0.4, 0.5) is 5.69 Å². The van der Waals surface area contributed by atoms with Crippen LogP contribution >= 0.6 is 0 Å². The number of nitrogens with zero attached hydrogens (tertiary/aromatic N) is 1. The third kappa shape index (κ3) is 5.47. The molecule has 0 saturated heterocycles. The summed E-state index contributed by atoms with van der Waals surface area (Å²) in [6.45, 7) is 8.08. The van der Waals surface area contributed by atoms with Gasteiger partial charge in [0.05, 0.1) is 23.1 Å². The molecule has 0 radical (unpaired) electrons. The van der Waals surface area contributed by atoms with Gasteiger partial charge in [0.1, 0.15) is 5.75 Å². The van der Waals surface area contributed by atoms with Crippen molar-refractivity contribution in [1.82, 2.24) is 4.31 Å². The van der Waals surface area contributed by atoms with E-state index in [0.717, 1.165) is 16.3 Å². The van der Waals surface area contributed by atoms with Crippen LogP contribution in [0.25, 0.3) is 10.8 Å². The molecule has 6 nitrogen and oxygen atoms in total. The summed E-state index contributed by atoms with van der Waals surface area (Å²) < 4.78 is 33.1. The monoisotopic (exact) mass is 454 g/mol. The number of carbonyl (C=O) groups is 1. The molecule has 3 rings (SSSR count). The summed E-state index contributed by atoms with van der Waals surface area (Å²) >= 11 is 0. The molecule has 1 amide bonds. The second-order valence-electron chi connectivity index (χ2n) is 7.82. The number of rotatable bonds is 9. The third-order valence-electron chi connectivity index (χ3n) is 5.11. The predicted molar refractivity (Wildman–Crippen MR) is 129 cm³/mol. The molecule has 0 unspecified atom stereocenters. The van der Waals surface area contributed by atoms with Crippen LogP contribution in [0.5, 0.6) is 5.75 Å². The summed E-state index contributed by atoms with van der Waals surface area (Å²) in [5.74, 6) is 0.191. The van der Waals surface area contributed by atoms with Gasteiger partial charge < -0.3 is 10.1 Å². The Labute approximate surface area is 190 Å². The summed E-state index contributed by atoms with van der Waals surface area (Å²) in [6.07, 6.45) is 0.0373. The van der Waals surface area contributed by atoms with Crippen LogP contribution in [0.3, 0.4) is 0 Å². The van der Waals surface area contributed by atoms with Crippen LogP contribution in [0.1, 0.15) is 33.3 Å². The maximum absolute atomic E-state index is 13.0. The highest BCUT2D eigenvalue weighted by Crippen LogP contribution is 2.30. The van der Waals surface area contributed by atoms with E-state index in [1.54, 1.807) is 19.9 Å². The first-order chi connectivity index (χ1) is 15.2. The Morgan fingerprint density at radius 1 is 0.969 bits per heavy atom. The van der Waals surface area contributed by atoms with Gasteiger partial charge in [0, 0.05) is 13.1 Å². The van der Waals surface area contributed by atoms with Crippen molar-refractivity contribution in [2.75, 3.05) is 18.4 Å². The minimum Gasteiger partial charge on any atom is -0.489 e. The fourth-order valence-electron chi connectivity index (χ4n) is 3.57. The lowest BCUT2D eigenvalue weighted by Gasteiger charge is -2.20. The maximum Gasteiger partial charge on any atom is 0.243 e. The van der Waals surface area contributed by atoms with Gasteiger partial charge in [-0.05, 0) is 48.4 Å². The van der Waals surface area contributed by atoms with Crippen molar-refractivity contribution in [3.05, 3.63) is 66.2 Å². The van der Waals surface area contributed by atoms with Crippen molar-refractivity contribution in [2.24, 2.45) is 0 Å². The standard InChI is InChI=1S/C25H30N2O4S/c1-5-27(6-2)32(29,30)22-13-14-24(31-18(3)4)23(17-22)26-25(28)16-19-11-12-20-9-7-8-10-21(20)15-19/h7-15,17-18H,5-6,16H2,1-4H3,(H,26,28). The van der Waals surface area contributed by atoms with E-state index in [1.807, 2.05) is 56.3 Å². The lowest BCUT2D eigenvalue weighted by atomic mass is 10.0. The Hall–Kier alpha value is -2.90. The molecule has 0 aliphatic carbocycles. The largest absolute Gasteiger partial charge is 0.489 e. The van der Waals surface area contributed by atoms with Gasteiger partial charge in [0.25, 0.3) is 0 Å². The molecule has 170 valence electrons. The first-order valence-electron chi connectivity index (χ1n) is 10.8. The Bertz CT molecular complexity index is 1200. The molecule has 0 aromatic heterocycles. The van der Waals surface area contributed by atoms with Crippen LogP contribution in [0.15, 0.2) is 65.6 Å². The highest BCUT2D eigenvalue weighted by Gasteiger charge is 2.23. The van der Waals surface area contributed by atoms with Crippen molar-refractivity contribution in [3.63, 3.8) is 0 Å². The van der Waals surface area contributed by atoms with Crippen LogP contribution in [-0.2, 0) is 21.2 Å².